The van der Waals surface area contributed by atoms with Crippen molar-refractivity contribution in [3.63, 3.8) is 0 Å². The van der Waals surface area contributed by atoms with E-state index in [2.05, 4.69) is 6.58 Å². The van der Waals surface area contributed by atoms with E-state index in [1.807, 2.05) is 0 Å². The minimum Gasteiger partial charge on any atom is -0.458 e. The molecule has 6 nitrogen and oxygen atoms in total. The van der Waals surface area contributed by atoms with Gasteiger partial charge in [-0.3, -0.25) is 9.59 Å². The van der Waals surface area contributed by atoms with Crippen LogP contribution in [-0.2, 0) is 28.5 Å². The molecule has 0 aliphatic carbocycles. The molecule has 3 atom stereocenters. The van der Waals surface area contributed by atoms with Crippen LogP contribution in [0.4, 0.5) is 0 Å². The van der Waals surface area contributed by atoms with Crippen LogP contribution < -0.4 is 0 Å². The largest absolute Gasteiger partial charge is 0.458 e. The van der Waals surface area contributed by atoms with Gasteiger partial charge in [0, 0.05) is 20.3 Å². The van der Waals surface area contributed by atoms with Crippen LogP contribution in [0.1, 0.15) is 20.3 Å². The summed E-state index contributed by atoms with van der Waals surface area (Å²) in [5.41, 5.74) is 0. The number of hydrogen-bond acceptors (Lipinski definition) is 6. The lowest BCUT2D eigenvalue weighted by Gasteiger charge is -2.34. The molecule has 1 rings (SSSR count). The van der Waals surface area contributed by atoms with Crippen molar-refractivity contribution < 1.29 is 28.5 Å². The molecular formula is C12H18O6. The summed E-state index contributed by atoms with van der Waals surface area (Å²) in [5, 5.41) is 0. The van der Waals surface area contributed by atoms with Crippen LogP contribution in [0, 0.1) is 0 Å². The maximum atomic E-state index is 11.0. The molecule has 0 aromatic heterocycles. The second kappa shape index (κ2) is 7.13. The van der Waals surface area contributed by atoms with E-state index in [0.717, 1.165) is 0 Å². The van der Waals surface area contributed by atoms with Crippen molar-refractivity contribution in [2.45, 2.75) is 38.8 Å². The number of carbonyl (C=O) groups is 2. The summed E-state index contributed by atoms with van der Waals surface area (Å²) >= 11 is 0. The highest BCUT2D eigenvalue weighted by atomic mass is 16.7. The third kappa shape index (κ3) is 4.85. The molecule has 1 heterocycles. The Bertz CT molecular complexity index is 314. The highest BCUT2D eigenvalue weighted by molar-refractivity contribution is 5.67. The fraction of sp³-hybridized carbons (Fsp3) is 0.667. The average molecular weight is 258 g/mol. The second-order valence-electron chi connectivity index (χ2n) is 3.92. The number of carbonyl (C=O) groups excluding carboxylic acids is 2. The summed E-state index contributed by atoms with van der Waals surface area (Å²) < 4.78 is 20.8. The van der Waals surface area contributed by atoms with E-state index in [1.54, 1.807) is 6.08 Å². The van der Waals surface area contributed by atoms with Crippen molar-refractivity contribution in [1.29, 1.82) is 0 Å². The lowest BCUT2D eigenvalue weighted by atomic mass is 10.1. The van der Waals surface area contributed by atoms with Gasteiger partial charge in [0.15, 0.2) is 12.4 Å². The Labute approximate surface area is 106 Å². The van der Waals surface area contributed by atoms with Crippen LogP contribution in [0.15, 0.2) is 12.7 Å². The van der Waals surface area contributed by atoms with E-state index in [1.165, 1.54) is 13.8 Å². The molecule has 1 aliphatic heterocycles. The van der Waals surface area contributed by atoms with Crippen LogP contribution in [-0.4, -0.2) is 43.7 Å². The summed E-state index contributed by atoms with van der Waals surface area (Å²) in [7, 11) is 0. The molecule has 0 bridgehead atoms. The molecule has 0 spiro atoms. The lowest BCUT2D eigenvalue weighted by Crippen LogP contribution is -2.46. The summed E-state index contributed by atoms with van der Waals surface area (Å²) in [6.07, 6.45) is 0.303. The summed E-state index contributed by atoms with van der Waals surface area (Å²) in [5.74, 6) is -0.868. The van der Waals surface area contributed by atoms with Gasteiger partial charge in [0.05, 0.1) is 13.2 Å². The van der Waals surface area contributed by atoms with Gasteiger partial charge >= 0.3 is 11.9 Å². The first-order valence-electron chi connectivity index (χ1n) is 5.71. The Morgan fingerprint density at radius 2 is 1.89 bits per heavy atom. The van der Waals surface area contributed by atoms with E-state index in [9.17, 15) is 9.59 Å². The molecule has 1 fully saturated rings. The van der Waals surface area contributed by atoms with E-state index < -0.39 is 30.4 Å². The van der Waals surface area contributed by atoms with Crippen LogP contribution in [0.2, 0.25) is 0 Å². The Kier molecular flexibility index (Phi) is 5.80. The standard InChI is InChI=1S/C12H18O6/c1-4-5-15-12-6-10(17-8(2)13)11(7-16-12)18-9(3)14/h4,10-12H,1,5-7H2,2-3H3/t10-,11+,12-/m0/s1. The third-order valence-electron chi connectivity index (χ3n) is 2.32. The average Bonchev–Trinajstić information content (AvgIpc) is 2.28. The Hall–Kier alpha value is -1.40. The Morgan fingerprint density at radius 3 is 2.44 bits per heavy atom. The number of esters is 2. The quantitative estimate of drug-likeness (QED) is 0.536. The molecule has 0 aromatic rings. The van der Waals surface area contributed by atoms with Crippen molar-refractivity contribution in [1.82, 2.24) is 0 Å². The van der Waals surface area contributed by atoms with Gasteiger partial charge in [-0.15, -0.1) is 6.58 Å². The van der Waals surface area contributed by atoms with Crippen LogP contribution >= 0.6 is 0 Å². The molecule has 1 saturated heterocycles. The van der Waals surface area contributed by atoms with E-state index >= 15 is 0 Å². The number of ether oxygens (including phenoxy) is 4. The SMILES string of the molecule is C=CCO[C@@H]1C[C@H](OC(C)=O)[C@H](OC(C)=O)CO1. The summed E-state index contributed by atoms with van der Waals surface area (Å²) in [6.45, 7) is 6.61. The van der Waals surface area contributed by atoms with Crippen LogP contribution in [0.5, 0.6) is 0 Å². The molecule has 0 amide bonds. The zero-order valence-corrected chi connectivity index (χ0v) is 10.6. The predicted octanol–water partition coefficient (Wildman–Crippen LogP) is 0.799. The van der Waals surface area contributed by atoms with Crippen molar-refractivity contribution in [3.05, 3.63) is 12.7 Å². The molecule has 6 heteroatoms. The van der Waals surface area contributed by atoms with Gasteiger partial charge in [-0.1, -0.05) is 6.08 Å². The van der Waals surface area contributed by atoms with Gasteiger partial charge in [0.2, 0.25) is 0 Å². The van der Waals surface area contributed by atoms with Crippen molar-refractivity contribution in [3.8, 4) is 0 Å². The highest BCUT2D eigenvalue weighted by Crippen LogP contribution is 2.21. The van der Waals surface area contributed by atoms with E-state index in [-0.39, 0.29) is 6.61 Å². The zero-order valence-electron chi connectivity index (χ0n) is 10.6. The second-order valence-corrected chi connectivity index (χ2v) is 3.92. The Morgan fingerprint density at radius 1 is 1.28 bits per heavy atom. The van der Waals surface area contributed by atoms with Gasteiger partial charge in [0.25, 0.3) is 0 Å². The Balaban J connectivity index is 2.57. The molecule has 0 radical (unpaired) electrons. The fourth-order valence-corrected chi connectivity index (χ4v) is 1.67. The van der Waals surface area contributed by atoms with Gasteiger partial charge in [-0.05, 0) is 0 Å². The minimum absolute atomic E-state index is 0.138. The minimum atomic E-state index is -0.588. The van der Waals surface area contributed by atoms with Gasteiger partial charge in [-0.25, -0.2) is 0 Å². The van der Waals surface area contributed by atoms with Crippen LogP contribution in [0.25, 0.3) is 0 Å². The smallest absolute Gasteiger partial charge is 0.303 e. The van der Waals surface area contributed by atoms with Gasteiger partial charge in [-0.2, -0.15) is 0 Å². The van der Waals surface area contributed by atoms with Gasteiger partial charge < -0.3 is 18.9 Å². The predicted molar refractivity (Wildman–Crippen MR) is 61.6 cm³/mol. The monoisotopic (exact) mass is 258 g/mol. The highest BCUT2D eigenvalue weighted by Gasteiger charge is 2.36. The van der Waals surface area contributed by atoms with Gasteiger partial charge in [0.1, 0.15) is 6.10 Å². The normalized spacial score (nSPS) is 27.3. The molecule has 0 unspecified atom stereocenters. The maximum Gasteiger partial charge on any atom is 0.303 e. The molecule has 0 saturated carbocycles. The molecule has 18 heavy (non-hydrogen) atoms. The lowest BCUT2D eigenvalue weighted by molar-refractivity contribution is -0.228. The van der Waals surface area contributed by atoms with E-state index in [4.69, 9.17) is 18.9 Å². The zero-order chi connectivity index (χ0) is 13.5. The third-order valence-corrected chi connectivity index (χ3v) is 2.32. The first-order valence-corrected chi connectivity index (χ1v) is 5.71. The topological polar surface area (TPSA) is 71.1 Å². The molecule has 0 N–H and O–H groups in total. The van der Waals surface area contributed by atoms with Crippen molar-refractivity contribution in [2.75, 3.05) is 13.2 Å². The molecule has 102 valence electrons. The number of rotatable bonds is 5. The van der Waals surface area contributed by atoms with Crippen LogP contribution in [0.3, 0.4) is 0 Å². The molecule has 1 aliphatic rings. The van der Waals surface area contributed by atoms with Crippen molar-refractivity contribution in [2.24, 2.45) is 0 Å². The summed E-state index contributed by atoms with van der Waals surface area (Å²) in [4.78, 5) is 21.9. The maximum absolute atomic E-state index is 11.0. The molecular weight excluding hydrogens is 240 g/mol. The van der Waals surface area contributed by atoms with Crippen molar-refractivity contribution >= 4 is 11.9 Å². The van der Waals surface area contributed by atoms with E-state index in [0.29, 0.717) is 13.0 Å². The fourth-order valence-electron chi connectivity index (χ4n) is 1.67. The first-order chi connectivity index (χ1) is 8.52. The first kappa shape index (κ1) is 14.7. The number of hydrogen-bond donors (Lipinski definition) is 0. The summed E-state index contributed by atoms with van der Waals surface area (Å²) in [6, 6.07) is 0. The molecule has 0 aromatic carbocycles.